The third kappa shape index (κ3) is 2.15. The summed E-state index contributed by atoms with van der Waals surface area (Å²) in [6, 6.07) is 4.30. The van der Waals surface area contributed by atoms with Crippen molar-refractivity contribution in [3.05, 3.63) is 29.5 Å². The lowest BCUT2D eigenvalue weighted by Gasteiger charge is -2.09. The van der Waals surface area contributed by atoms with Gasteiger partial charge in [-0.1, -0.05) is 0 Å². The van der Waals surface area contributed by atoms with Crippen molar-refractivity contribution < 1.29 is 4.74 Å². The fourth-order valence-electron chi connectivity index (χ4n) is 2.30. The van der Waals surface area contributed by atoms with Gasteiger partial charge < -0.3 is 15.0 Å². The van der Waals surface area contributed by atoms with E-state index >= 15 is 0 Å². The van der Waals surface area contributed by atoms with E-state index in [1.165, 1.54) is 22.0 Å². The second-order valence-corrected chi connectivity index (χ2v) is 4.51. The fourth-order valence-corrected chi connectivity index (χ4v) is 2.30. The topological polar surface area (TPSA) is 40.2 Å². The summed E-state index contributed by atoms with van der Waals surface area (Å²) >= 11 is 0. The Morgan fingerprint density at radius 1 is 1.29 bits per heavy atom. The van der Waals surface area contributed by atoms with Crippen LogP contribution in [0.5, 0.6) is 5.75 Å². The Morgan fingerprint density at radius 2 is 2.06 bits per heavy atom. The highest BCUT2D eigenvalue weighted by molar-refractivity contribution is 5.89. The van der Waals surface area contributed by atoms with Gasteiger partial charge in [-0.3, -0.25) is 0 Å². The monoisotopic (exact) mass is 232 g/mol. The van der Waals surface area contributed by atoms with Crippen LogP contribution in [0.4, 0.5) is 0 Å². The average molecular weight is 232 g/mol. The van der Waals surface area contributed by atoms with Gasteiger partial charge in [-0.15, -0.1) is 0 Å². The molecule has 17 heavy (non-hydrogen) atoms. The minimum Gasteiger partial charge on any atom is -0.495 e. The molecule has 2 rings (SSSR count). The van der Waals surface area contributed by atoms with Crippen LogP contribution < -0.4 is 10.5 Å². The molecule has 92 valence electrons. The zero-order valence-corrected chi connectivity index (χ0v) is 10.8. The molecule has 0 saturated heterocycles. The smallest absolute Gasteiger partial charge is 0.143 e. The molecule has 0 saturated carbocycles. The first-order chi connectivity index (χ1) is 8.17. The van der Waals surface area contributed by atoms with Crippen molar-refractivity contribution in [2.24, 2.45) is 5.73 Å². The van der Waals surface area contributed by atoms with Gasteiger partial charge in [0.05, 0.1) is 12.6 Å². The van der Waals surface area contributed by atoms with E-state index in [4.69, 9.17) is 10.5 Å². The summed E-state index contributed by atoms with van der Waals surface area (Å²) < 4.78 is 7.74. The Bertz CT molecular complexity index is 528. The molecule has 0 aliphatic carbocycles. The van der Waals surface area contributed by atoms with Crippen molar-refractivity contribution in [1.82, 2.24) is 4.57 Å². The number of aromatic nitrogens is 1. The van der Waals surface area contributed by atoms with Crippen LogP contribution in [0.25, 0.3) is 10.9 Å². The summed E-state index contributed by atoms with van der Waals surface area (Å²) in [7, 11) is 1.73. The van der Waals surface area contributed by atoms with Crippen LogP contribution in [0.3, 0.4) is 0 Å². The standard InChI is InChI=1S/C14H20N2O/c1-10-7-12-11(2)9-16(6-4-5-15)14(12)13(8-10)17-3/h7-9H,4-6,15H2,1-3H3. The van der Waals surface area contributed by atoms with E-state index in [9.17, 15) is 0 Å². The number of methoxy groups -OCH3 is 1. The molecule has 2 aromatic rings. The maximum absolute atomic E-state index is 5.58. The molecule has 1 aromatic carbocycles. The quantitative estimate of drug-likeness (QED) is 0.880. The molecule has 2 N–H and O–H groups in total. The van der Waals surface area contributed by atoms with E-state index < -0.39 is 0 Å². The number of benzene rings is 1. The van der Waals surface area contributed by atoms with Gasteiger partial charge >= 0.3 is 0 Å². The van der Waals surface area contributed by atoms with E-state index in [0.29, 0.717) is 6.54 Å². The lowest BCUT2D eigenvalue weighted by molar-refractivity contribution is 0.416. The summed E-state index contributed by atoms with van der Waals surface area (Å²) in [5, 5.41) is 1.28. The van der Waals surface area contributed by atoms with Crippen molar-refractivity contribution in [2.75, 3.05) is 13.7 Å². The normalized spacial score (nSPS) is 11.1. The van der Waals surface area contributed by atoms with Gasteiger partial charge in [-0.25, -0.2) is 0 Å². The number of hydrogen-bond donors (Lipinski definition) is 1. The maximum Gasteiger partial charge on any atom is 0.143 e. The van der Waals surface area contributed by atoms with Gasteiger partial charge in [0.2, 0.25) is 0 Å². The zero-order valence-electron chi connectivity index (χ0n) is 10.8. The van der Waals surface area contributed by atoms with E-state index in [0.717, 1.165) is 18.7 Å². The van der Waals surface area contributed by atoms with Crippen LogP contribution in [0.15, 0.2) is 18.3 Å². The third-order valence-corrected chi connectivity index (χ3v) is 3.10. The Labute approximate surface area is 102 Å². The van der Waals surface area contributed by atoms with Crippen LogP contribution in [0.1, 0.15) is 17.5 Å². The maximum atomic E-state index is 5.58. The van der Waals surface area contributed by atoms with E-state index in [2.05, 4.69) is 36.7 Å². The summed E-state index contributed by atoms with van der Waals surface area (Å²) in [6.07, 6.45) is 3.17. The molecule has 3 nitrogen and oxygen atoms in total. The molecule has 0 aliphatic rings. The number of ether oxygens (including phenoxy) is 1. The van der Waals surface area contributed by atoms with E-state index in [1.54, 1.807) is 7.11 Å². The van der Waals surface area contributed by atoms with E-state index in [1.807, 2.05) is 0 Å². The molecule has 0 spiro atoms. The number of hydrogen-bond acceptors (Lipinski definition) is 2. The minimum atomic E-state index is 0.715. The highest BCUT2D eigenvalue weighted by Gasteiger charge is 2.11. The Balaban J connectivity index is 2.61. The number of aryl methyl sites for hydroxylation is 3. The van der Waals surface area contributed by atoms with Gasteiger partial charge in [0.1, 0.15) is 5.75 Å². The molecule has 1 heterocycles. The molecule has 0 aliphatic heterocycles. The van der Waals surface area contributed by atoms with Crippen LogP contribution in [-0.4, -0.2) is 18.2 Å². The third-order valence-electron chi connectivity index (χ3n) is 3.10. The van der Waals surface area contributed by atoms with Crippen LogP contribution >= 0.6 is 0 Å². The summed E-state index contributed by atoms with van der Waals surface area (Å²) in [6.45, 7) is 5.89. The molecule has 1 aromatic heterocycles. The SMILES string of the molecule is COc1cc(C)cc2c(C)cn(CCCN)c12. The predicted octanol–water partition coefficient (Wildman–Crippen LogP) is 2.62. The predicted molar refractivity (Wildman–Crippen MR) is 71.6 cm³/mol. The Morgan fingerprint density at radius 3 is 2.71 bits per heavy atom. The van der Waals surface area contributed by atoms with Gasteiger partial charge in [-0.05, 0) is 50.1 Å². The van der Waals surface area contributed by atoms with Crippen LogP contribution in [-0.2, 0) is 6.54 Å². The second kappa shape index (κ2) is 4.80. The Hall–Kier alpha value is -1.48. The molecular formula is C14H20N2O. The molecular weight excluding hydrogens is 212 g/mol. The van der Waals surface area contributed by atoms with Gasteiger partial charge in [0.25, 0.3) is 0 Å². The van der Waals surface area contributed by atoms with Gasteiger partial charge in [-0.2, -0.15) is 0 Å². The first-order valence-corrected chi connectivity index (χ1v) is 6.01. The van der Waals surface area contributed by atoms with Crippen LogP contribution in [0, 0.1) is 13.8 Å². The number of rotatable bonds is 4. The molecule has 0 unspecified atom stereocenters. The van der Waals surface area contributed by atoms with Crippen molar-refractivity contribution in [3.63, 3.8) is 0 Å². The Kier molecular flexibility index (Phi) is 3.38. The molecule has 0 radical (unpaired) electrons. The molecule has 0 amide bonds. The highest BCUT2D eigenvalue weighted by atomic mass is 16.5. The average Bonchev–Trinajstić information content (AvgIpc) is 2.63. The van der Waals surface area contributed by atoms with Crippen molar-refractivity contribution in [2.45, 2.75) is 26.8 Å². The summed E-state index contributed by atoms with van der Waals surface area (Å²) in [5.74, 6) is 0.949. The molecule has 0 atom stereocenters. The van der Waals surface area contributed by atoms with Crippen molar-refractivity contribution >= 4 is 10.9 Å². The minimum absolute atomic E-state index is 0.715. The van der Waals surface area contributed by atoms with E-state index in [-0.39, 0.29) is 0 Å². The number of nitrogens with two attached hydrogens (primary N) is 1. The zero-order chi connectivity index (χ0) is 12.4. The number of nitrogens with zero attached hydrogens (tertiary/aromatic N) is 1. The largest absolute Gasteiger partial charge is 0.495 e. The lowest BCUT2D eigenvalue weighted by Crippen LogP contribution is -2.05. The summed E-state index contributed by atoms with van der Waals surface area (Å²) in [5.41, 5.74) is 9.28. The second-order valence-electron chi connectivity index (χ2n) is 4.51. The van der Waals surface area contributed by atoms with Crippen molar-refractivity contribution in [3.8, 4) is 5.75 Å². The first kappa shape index (κ1) is 12.0. The van der Waals surface area contributed by atoms with Crippen LogP contribution in [0.2, 0.25) is 0 Å². The number of fused-ring (bicyclic) bond motifs is 1. The molecule has 3 heteroatoms. The molecule has 0 fully saturated rings. The fraction of sp³-hybridized carbons (Fsp3) is 0.429. The lowest BCUT2D eigenvalue weighted by atomic mass is 10.1. The summed E-state index contributed by atoms with van der Waals surface area (Å²) in [4.78, 5) is 0. The van der Waals surface area contributed by atoms with Gasteiger partial charge in [0, 0.05) is 18.1 Å². The first-order valence-electron chi connectivity index (χ1n) is 6.01. The molecule has 0 bridgehead atoms. The highest BCUT2D eigenvalue weighted by Crippen LogP contribution is 2.31. The van der Waals surface area contributed by atoms with Crippen molar-refractivity contribution in [1.29, 1.82) is 0 Å². The van der Waals surface area contributed by atoms with Gasteiger partial charge in [0.15, 0.2) is 0 Å².